The first-order chi connectivity index (χ1) is 14.4. The smallest absolute Gasteiger partial charge is 0.241 e. The number of carbonyl (C=O) groups excluding carboxylic acids is 1. The minimum absolute atomic E-state index is 0.0308. The highest BCUT2D eigenvalue weighted by Crippen LogP contribution is 2.31. The standard InChI is InChI=1S/C20H25N9O/c1-12(2)29(22)19-15(21)5-3-13-9-25-20(27-18(13)19)26-16-6-4-14(10-24-16)28-8-7-23-11-17(28)30/h3-6,9-10,12,23H,7-8,11,21-22H2,1-2H3,(H,24,25,26,27). The number of fused-ring (bicyclic) bond motifs is 1. The van der Waals surface area contributed by atoms with Gasteiger partial charge in [-0.3, -0.25) is 4.79 Å². The van der Waals surface area contributed by atoms with Crippen LogP contribution in [-0.4, -0.2) is 46.5 Å². The molecule has 4 rings (SSSR count). The van der Waals surface area contributed by atoms with Gasteiger partial charge in [0.25, 0.3) is 0 Å². The maximum absolute atomic E-state index is 12.0. The molecule has 10 nitrogen and oxygen atoms in total. The Balaban J connectivity index is 1.61. The number of hydrogen-bond acceptors (Lipinski definition) is 9. The maximum atomic E-state index is 12.0. The Kier molecular flexibility index (Phi) is 5.34. The predicted molar refractivity (Wildman–Crippen MR) is 118 cm³/mol. The molecule has 1 aliphatic heterocycles. The van der Waals surface area contributed by atoms with Gasteiger partial charge in [-0.15, -0.1) is 0 Å². The van der Waals surface area contributed by atoms with Crippen molar-refractivity contribution in [3.05, 3.63) is 36.7 Å². The summed E-state index contributed by atoms with van der Waals surface area (Å²) in [7, 11) is 0. The van der Waals surface area contributed by atoms with Crippen LogP contribution in [0.25, 0.3) is 10.9 Å². The van der Waals surface area contributed by atoms with Gasteiger partial charge in [0.15, 0.2) is 0 Å². The zero-order valence-electron chi connectivity index (χ0n) is 17.0. The summed E-state index contributed by atoms with van der Waals surface area (Å²) in [6.45, 7) is 5.68. The number of hydrazine groups is 1. The third kappa shape index (κ3) is 3.82. The Hall–Kier alpha value is -3.50. The molecule has 1 aliphatic rings. The van der Waals surface area contributed by atoms with Gasteiger partial charge in [-0.05, 0) is 38.1 Å². The van der Waals surface area contributed by atoms with Crippen LogP contribution in [0.5, 0.6) is 0 Å². The first-order valence-corrected chi connectivity index (χ1v) is 9.77. The van der Waals surface area contributed by atoms with Crippen molar-refractivity contribution in [1.29, 1.82) is 0 Å². The van der Waals surface area contributed by atoms with Crippen molar-refractivity contribution in [2.24, 2.45) is 5.84 Å². The van der Waals surface area contributed by atoms with Crippen LogP contribution in [0.15, 0.2) is 36.7 Å². The van der Waals surface area contributed by atoms with Crippen LogP contribution >= 0.6 is 0 Å². The molecule has 0 radical (unpaired) electrons. The number of nitrogen functional groups attached to an aromatic ring is 1. The molecule has 0 bridgehead atoms. The summed E-state index contributed by atoms with van der Waals surface area (Å²) in [6.07, 6.45) is 3.38. The zero-order chi connectivity index (χ0) is 21.3. The zero-order valence-corrected chi connectivity index (χ0v) is 17.0. The summed E-state index contributed by atoms with van der Waals surface area (Å²) in [6, 6.07) is 7.36. The lowest BCUT2D eigenvalue weighted by Gasteiger charge is -2.27. The number of nitrogens with two attached hydrogens (primary N) is 2. The fourth-order valence-electron chi connectivity index (χ4n) is 3.30. The summed E-state index contributed by atoms with van der Waals surface area (Å²) in [5, 5.41) is 8.60. The molecule has 2 aromatic heterocycles. The normalized spacial score (nSPS) is 14.4. The number of piperazine rings is 1. The van der Waals surface area contributed by atoms with Gasteiger partial charge in [-0.2, -0.15) is 0 Å². The minimum atomic E-state index is 0.0308. The molecule has 30 heavy (non-hydrogen) atoms. The van der Waals surface area contributed by atoms with Crippen LogP contribution in [0.3, 0.4) is 0 Å². The summed E-state index contributed by atoms with van der Waals surface area (Å²) < 4.78 is 0. The second kappa shape index (κ2) is 8.09. The molecule has 6 N–H and O–H groups in total. The fraction of sp³-hybridized carbons (Fsp3) is 0.300. The summed E-state index contributed by atoms with van der Waals surface area (Å²) >= 11 is 0. The van der Waals surface area contributed by atoms with E-state index in [1.54, 1.807) is 34.4 Å². The topological polar surface area (TPSA) is 138 Å². The van der Waals surface area contributed by atoms with Crippen LogP contribution in [0.2, 0.25) is 0 Å². The van der Waals surface area contributed by atoms with Crippen LogP contribution in [0.1, 0.15) is 13.8 Å². The molecule has 156 valence electrons. The molecule has 1 saturated heterocycles. The number of aromatic nitrogens is 3. The van der Waals surface area contributed by atoms with Crippen molar-refractivity contribution >= 4 is 45.6 Å². The third-order valence-corrected chi connectivity index (χ3v) is 4.96. The van der Waals surface area contributed by atoms with Crippen LogP contribution < -0.4 is 32.1 Å². The van der Waals surface area contributed by atoms with Crippen molar-refractivity contribution in [2.75, 3.05) is 40.6 Å². The van der Waals surface area contributed by atoms with E-state index in [-0.39, 0.29) is 11.9 Å². The number of pyridine rings is 1. The van der Waals surface area contributed by atoms with Crippen molar-refractivity contribution in [2.45, 2.75) is 19.9 Å². The van der Waals surface area contributed by atoms with E-state index in [0.29, 0.717) is 41.7 Å². The van der Waals surface area contributed by atoms with Crippen LogP contribution in [-0.2, 0) is 4.79 Å². The Morgan fingerprint density at radius 1 is 1.20 bits per heavy atom. The SMILES string of the molecule is CC(C)N(N)c1c(N)ccc2cnc(Nc3ccc(N4CCNCC4=O)cn3)nc12. The number of carbonyl (C=O) groups is 1. The lowest BCUT2D eigenvalue weighted by molar-refractivity contribution is -0.118. The quantitative estimate of drug-likeness (QED) is 0.281. The Bertz CT molecular complexity index is 1070. The van der Waals surface area contributed by atoms with Gasteiger partial charge >= 0.3 is 0 Å². The number of hydrogen-bond donors (Lipinski definition) is 4. The van der Waals surface area contributed by atoms with Crippen molar-refractivity contribution in [3.63, 3.8) is 0 Å². The van der Waals surface area contributed by atoms with E-state index in [1.807, 2.05) is 26.0 Å². The molecule has 1 aromatic carbocycles. The van der Waals surface area contributed by atoms with Gasteiger partial charge in [0.1, 0.15) is 17.0 Å². The van der Waals surface area contributed by atoms with E-state index >= 15 is 0 Å². The lowest BCUT2D eigenvalue weighted by atomic mass is 10.1. The average Bonchev–Trinajstić information content (AvgIpc) is 2.74. The fourth-order valence-corrected chi connectivity index (χ4v) is 3.30. The van der Waals surface area contributed by atoms with Crippen molar-refractivity contribution in [3.8, 4) is 0 Å². The highest BCUT2D eigenvalue weighted by atomic mass is 16.2. The monoisotopic (exact) mass is 407 g/mol. The van der Waals surface area contributed by atoms with E-state index in [0.717, 1.165) is 17.6 Å². The predicted octanol–water partition coefficient (Wildman–Crippen LogP) is 1.38. The second-order valence-electron chi connectivity index (χ2n) is 7.38. The maximum Gasteiger partial charge on any atom is 0.241 e. The van der Waals surface area contributed by atoms with E-state index < -0.39 is 0 Å². The average molecular weight is 407 g/mol. The number of amides is 1. The number of benzene rings is 1. The summed E-state index contributed by atoms with van der Waals surface area (Å²) in [5.74, 6) is 7.21. The number of nitrogens with one attached hydrogen (secondary N) is 2. The largest absolute Gasteiger partial charge is 0.397 e. The number of anilines is 5. The van der Waals surface area contributed by atoms with Crippen LogP contribution in [0, 0.1) is 0 Å². The lowest BCUT2D eigenvalue weighted by Crippen LogP contribution is -2.48. The van der Waals surface area contributed by atoms with Gasteiger partial charge in [0.05, 0.1) is 24.1 Å². The van der Waals surface area contributed by atoms with Crippen molar-refractivity contribution < 1.29 is 4.79 Å². The molecule has 0 unspecified atom stereocenters. The van der Waals surface area contributed by atoms with E-state index in [4.69, 9.17) is 11.6 Å². The van der Waals surface area contributed by atoms with Gasteiger partial charge < -0.3 is 26.3 Å². The Morgan fingerprint density at radius 3 is 2.73 bits per heavy atom. The molecule has 0 atom stereocenters. The van der Waals surface area contributed by atoms with E-state index in [9.17, 15) is 4.79 Å². The molecular formula is C20H25N9O. The number of nitrogens with zero attached hydrogens (tertiary/aromatic N) is 5. The molecular weight excluding hydrogens is 382 g/mol. The molecule has 0 spiro atoms. The molecule has 1 fully saturated rings. The molecule has 0 saturated carbocycles. The van der Waals surface area contributed by atoms with E-state index in [2.05, 4.69) is 25.6 Å². The van der Waals surface area contributed by atoms with Gasteiger partial charge in [-0.25, -0.2) is 20.8 Å². The van der Waals surface area contributed by atoms with Crippen molar-refractivity contribution in [1.82, 2.24) is 20.3 Å². The molecule has 1 amide bonds. The highest BCUT2D eigenvalue weighted by molar-refractivity contribution is 5.97. The molecule has 3 heterocycles. The van der Waals surface area contributed by atoms with Gasteiger partial charge in [0.2, 0.25) is 11.9 Å². The minimum Gasteiger partial charge on any atom is -0.397 e. The third-order valence-electron chi connectivity index (χ3n) is 4.96. The second-order valence-corrected chi connectivity index (χ2v) is 7.38. The summed E-state index contributed by atoms with van der Waals surface area (Å²) in [5.41, 5.74) is 8.80. The van der Waals surface area contributed by atoms with Gasteiger partial charge in [0, 0.05) is 30.7 Å². The first-order valence-electron chi connectivity index (χ1n) is 9.77. The Morgan fingerprint density at radius 2 is 2.03 bits per heavy atom. The molecule has 3 aromatic rings. The highest BCUT2D eigenvalue weighted by Gasteiger charge is 2.19. The molecule has 10 heteroatoms. The van der Waals surface area contributed by atoms with Crippen LogP contribution in [0.4, 0.5) is 28.8 Å². The number of rotatable bonds is 5. The Labute approximate surface area is 174 Å². The van der Waals surface area contributed by atoms with Gasteiger partial charge in [-0.1, -0.05) is 0 Å². The molecule has 0 aliphatic carbocycles. The summed E-state index contributed by atoms with van der Waals surface area (Å²) in [4.78, 5) is 27.1. The van der Waals surface area contributed by atoms with E-state index in [1.165, 1.54) is 0 Å². The first kappa shape index (κ1) is 19.8.